The van der Waals surface area contributed by atoms with Crippen molar-refractivity contribution in [2.24, 2.45) is 0 Å². The molecule has 9 heteroatoms. The Morgan fingerprint density at radius 2 is 1.81 bits per heavy atom. The molecule has 2 heterocycles. The van der Waals surface area contributed by atoms with E-state index in [1.165, 1.54) is 17.2 Å². The molecule has 4 atom stereocenters. The van der Waals surface area contributed by atoms with E-state index in [1.807, 2.05) is 13.0 Å². The molecule has 8 nitrogen and oxygen atoms in total. The van der Waals surface area contributed by atoms with Crippen LogP contribution in [0.15, 0.2) is 59.5 Å². The fraction of sp³-hybridized carbons (Fsp3) is 0.391. The monoisotopic (exact) mass is 458 g/mol. The number of ether oxygens (including phenoxy) is 1. The number of nitrogens with zero attached hydrogens (tertiary/aromatic N) is 2. The van der Waals surface area contributed by atoms with Crippen LogP contribution in [0.3, 0.4) is 0 Å². The number of rotatable bonds is 8. The molecule has 2 saturated heterocycles. The van der Waals surface area contributed by atoms with Crippen LogP contribution in [0.5, 0.6) is 0 Å². The van der Waals surface area contributed by atoms with E-state index in [4.69, 9.17) is 9.57 Å². The van der Waals surface area contributed by atoms with Gasteiger partial charge in [0.05, 0.1) is 11.5 Å². The molecule has 0 N–H and O–H groups in total. The van der Waals surface area contributed by atoms with Crippen LogP contribution in [0, 0.1) is 6.92 Å². The lowest BCUT2D eigenvalue weighted by Crippen LogP contribution is -2.54. The van der Waals surface area contributed by atoms with Gasteiger partial charge in [-0.1, -0.05) is 48.0 Å². The molecule has 2 fully saturated rings. The molecule has 0 saturated carbocycles. The predicted molar refractivity (Wildman–Crippen MR) is 116 cm³/mol. The minimum absolute atomic E-state index is 0.00745. The first-order chi connectivity index (χ1) is 15.3. The number of amides is 1. The first kappa shape index (κ1) is 22.4. The Morgan fingerprint density at radius 3 is 2.38 bits per heavy atom. The number of hydroxylamine groups is 2. The summed E-state index contributed by atoms with van der Waals surface area (Å²) >= 11 is 0. The van der Waals surface area contributed by atoms with E-state index in [-0.39, 0.29) is 24.2 Å². The summed E-state index contributed by atoms with van der Waals surface area (Å²) in [5, 5.41) is 1.50. The lowest BCUT2D eigenvalue weighted by Gasteiger charge is -2.31. The van der Waals surface area contributed by atoms with Crippen LogP contribution in [0.25, 0.3) is 0 Å². The Labute approximate surface area is 187 Å². The van der Waals surface area contributed by atoms with Crippen LogP contribution in [0.1, 0.15) is 30.9 Å². The van der Waals surface area contributed by atoms with Crippen LogP contribution >= 0.6 is 0 Å². The largest absolute Gasteiger partial charge is 0.464 e. The predicted octanol–water partition coefficient (Wildman–Crippen LogP) is 2.42. The Balaban J connectivity index is 1.78. The zero-order chi connectivity index (χ0) is 22.9. The molecule has 0 bridgehead atoms. The van der Waals surface area contributed by atoms with Crippen molar-refractivity contribution in [1.82, 2.24) is 9.37 Å². The van der Waals surface area contributed by atoms with Crippen molar-refractivity contribution in [3.8, 4) is 0 Å². The molecule has 1 amide bonds. The van der Waals surface area contributed by atoms with Gasteiger partial charge in [-0.05, 0) is 44.4 Å². The molecule has 0 aromatic heterocycles. The number of fused-ring (bicyclic) bond motifs is 1. The van der Waals surface area contributed by atoms with Crippen molar-refractivity contribution in [3.05, 3.63) is 65.7 Å². The van der Waals surface area contributed by atoms with Crippen LogP contribution in [0.4, 0.5) is 0 Å². The Hall–Kier alpha value is -2.75. The molecule has 0 aliphatic carbocycles. The summed E-state index contributed by atoms with van der Waals surface area (Å²) < 4.78 is 33.4. The molecule has 2 aliphatic rings. The van der Waals surface area contributed by atoms with Gasteiger partial charge in [0.15, 0.2) is 6.23 Å². The van der Waals surface area contributed by atoms with Gasteiger partial charge in [-0.3, -0.25) is 9.63 Å². The smallest absolute Gasteiger partial charge is 0.330 e. The molecule has 2 unspecified atom stereocenters. The minimum atomic E-state index is -4.34. The number of carbonyl (C=O) groups is 2. The van der Waals surface area contributed by atoms with Gasteiger partial charge >= 0.3 is 5.97 Å². The fourth-order valence-corrected chi connectivity index (χ4v) is 5.54. The minimum Gasteiger partial charge on any atom is -0.464 e. The summed E-state index contributed by atoms with van der Waals surface area (Å²) in [4.78, 5) is 31.9. The number of aryl methyl sites for hydroxylation is 1. The van der Waals surface area contributed by atoms with Gasteiger partial charge in [0, 0.05) is 6.42 Å². The van der Waals surface area contributed by atoms with Crippen molar-refractivity contribution < 1.29 is 27.6 Å². The molecular formula is C23H26N2O6S. The average molecular weight is 459 g/mol. The molecule has 2 aromatic rings. The molecule has 0 spiro atoms. The standard InChI is InChI=1S/C23H26N2O6S/c1-3-30-23(27)20(15-17-7-5-4-6-8-17)25(22(26)19-13-14-21-24(19)31-21)32(28,29)18-11-9-16(2)10-12-18/h4-12,19-21H,3,13-15H2,1-2H3/t19-,20-,21?,24?/m0/s1. The summed E-state index contributed by atoms with van der Waals surface area (Å²) in [7, 11) is -4.34. The molecule has 32 heavy (non-hydrogen) atoms. The molecular weight excluding hydrogens is 432 g/mol. The van der Waals surface area contributed by atoms with Gasteiger partial charge in [0.1, 0.15) is 12.1 Å². The summed E-state index contributed by atoms with van der Waals surface area (Å²) in [6.07, 6.45) is 0.943. The third kappa shape index (κ3) is 4.41. The highest BCUT2D eigenvalue weighted by Crippen LogP contribution is 2.39. The molecule has 0 radical (unpaired) electrons. The number of benzene rings is 2. The van der Waals surface area contributed by atoms with Crippen molar-refractivity contribution in [1.29, 1.82) is 0 Å². The fourth-order valence-electron chi connectivity index (χ4n) is 3.98. The van der Waals surface area contributed by atoms with E-state index in [1.54, 1.807) is 43.3 Å². The van der Waals surface area contributed by atoms with Crippen molar-refractivity contribution in [2.75, 3.05) is 6.61 Å². The van der Waals surface area contributed by atoms with Crippen LogP contribution < -0.4 is 0 Å². The van der Waals surface area contributed by atoms with Gasteiger partial charge in [0.25, 0.3) is 15.9 Å². The lowest BCUT2D eigenvalue weighted by molar-refractivity contribution is -0.152. The summed E-state index contributed by atoms with van der Waals surface area (Å²) in [5.41, 5.74) is 1.60. The third-order valence-electron chi connectivity index (χ3n) is 5.67. The number of hydrogen-bond donors (Lipinski definition) is 0. The second kappa shape index (κ2) is 9.01. The van der Waals surface area contributed by atoms with Gasteiger partial charge in [-0.15, -0.1) is 5.06 Å². The van der Waals surface area contributed by atoms with Crippen LogP contribution in [-0.2, 0) is 35.6 Å². The van der Waals surface area contributed by atoms with Crippen molar-refractivity contribution >= 4 is 21.9 Å². The normalized spacial score (nSPS) is 22.6. The zero-order valence-corrected chi connectivity index (χ0v) is 18.8. The SMILES string of the molecule is CCOC(=O)[C@H](Cc1ccccc1)N(C(=O)[C@@H]1CCC2ON21)S(=O)(=O)c1ccc(C)cc1. The number of esters is 1. The molecule has 4 rings (SSSR count). The van der Waals surface area contributed by atoms with E-state index < -0.39 is 34.0 Å². The number of sulfonamides is 1. The maximum absolute atomic E-state index is 13.7. The van der Waals surface area contributed by atoms with Gasteiger partial charge in [-0.2, -0.15) is 0 Å². The Kier molecular flexibility index (Phi) is 6.32. The van der Waals surface area contributed by atoms with Crippen LogP contribution in [0.2, 0.25) is 0 Å². The Morgan fingerprint density at radius 1 is 1.12 bits per heavy atom. The first-order valence-electron chi connectivity index (χ1n) is 10.6. The summed E-state index contributed by atoms with van der Waals surface area (Å²) in [6.45, 7) is 3.55. The highest BCUT2D eigenvalue weighted by molar-refractivity contribution is 7.89. The highest BCUT2D eigenvalue weighted by atomic mass is 32.2. The van der Waals surface area contributed by atoms with Gasteiger partial charge in [0.2, 0.25) is 0 Å². The van der Waals surface area contributed by atoms with Crippen molar-refractivity contribution in [2.45, 2.75) is 56.3 Å². The van der Waals surface area contributed by atoms with E-state index in [9.17, 15) is 18.0 Å². The Bertz CT molecular complexity index is 1090. The van der Waals surface area contributed by atoms with Gasteiger partial charge in [-0.25, -0.2) is 17.5 Å². The average Bonchev–Trinajstić information content (AvgIpc) is 3.43. The zero-order valence-electron chi connectivity index (χ0n) is 18.0. The lowest BCUT2D eigenvalue weighted by atomic mass is 10.1. The van der Waals surface area contributed by atoms with E-state index in [2.05, 4.69) is 0 Å². The topological polar surface area (TPSA) is 96.3 Å². The first-order valence-corrected chi connectivity index (χ1v) is 12.1. The third-order valence-corrected chi connectivity index (χ3v) is 7.49. The highest BCUT2D eigenvalue weighted by Gasteiger charge is 2.55. The maximum atomic E-state index is 13.7. The summed E-state index contributed by atoms with van der Waals surface area (Å²) in [5.74, 6) is -1.44. The number of hydrogen-bond acceptors (Lipinski definition) is 7. The van der Waals surface area contributed by atoms with E-state index >= 15 is 0 Å². The second-order valence-corrected chi connectivity index (χ2v) is 9.74. The van der Waals surface area contributed by atoms with E-state index in [0.717, 1.165) is 15.4 Å². The van der Waals surface area contributed by atoms with Gasteiger partial charge < -0.3 is 4.74 Å². The van der Waals surface area contributed by atoms with Crippen LogP contribution in [-0.4, -0.2) is 54.6 Å². The molecule has 170 valence electrons. The van der Waals surface area contributed by atoms with E-state index in [0.29, 0.717) is 12.8 Å². The maximum Gasteiger partial charge on any atom is 0.330 e. The van der Waals surface area contributed by atoms with Crippen molar-refractivity contribution in [3.63, 3.8) is 0 Å². The number of carbonyl (C=O) groups excluding carboxylic acids is 2. The molecule has 2 aliphatic heterocycles. The molecule has 2 aromatic carbocycles. The summed E-state index contributed by atoms with van der Waals surface area (Å²) in [6, 6.07) is 13.1. The second-order valence-electron chi connectivity index (χ2n) is 7.92. The quantitative estimate of drug-likeness (QED) is 0.443.